The van der Waals surface area contributed by atoms with Crippen LogP contribution in [-0.2, 0) is 14.3 Å². The van der Waals surface area contributed by atoms with Crippen LogP contribution in [0.4, 0.5) is 5.69 Å². The van der Waals surface area contributed by atoms with Gasteiger partial charge in [-0.25, -0.2) is 4.79 Å². The number of carbonyl (C=O) groups excluding carboxylic acids is 2. The van der Waals surface area contributed by atoms with Gasteiger partial charge in [0.2, 0.25) is 0 Å². The first kappa shape index (κ1) is 18.2. The Bertz CT molecular complexity index is 790. The first-order valence-corrected chi connectivity index (χ1v) is 8.27. The van der Waals surface area contributed by atoms with Crippen LogP contribution in [0.1, 0.15) is 11.1 Å². The Morgan fingerprint density at radius 3 is 2.75 bits per heavy atom. The van der Waals surface area contributed by atoms with Crippen molar-refractivity contribution >= 4 is 51.2 Å². The molecule has 0 heterocycles. The topological polar surface area (TPSA) is 55.4 Å². The monoisotopic (exact) mass is 407 g/mol. The van der Waals surface area contributed by atoms with Crippen LogP contribution in [0.25, 0.3) is 6.08 Å². The molecule has 4 nitrogen and oxygen atoms in total. The maximum atomic E-state index is 11.8. The van der Waals surface area contributed by atoms with E-state index in [-0.39, 0.29) is 6.61 Å². The average molecular weight is 409 g/mol. The second kappa shape index (κ2) is 8.66. The number of nitrogens with one attached hydrogen (secondary N) is 1. The number of benzene rings is 2. The highest BCUT2D eigenvalue weighted by molar-refractivity contribution is 9.10. The Balaban J connectivity index is 1.83. The molecule has 1 N–H and O–H groups in total. The smallest absolute Gasteiger partial charge is 0.331 e. The van der Waals surface area contributed by atoms with Gasteiger partial charge >= 0.3 is 5.97 Å². The van der Waals surface area contributed by atoms with Crippen molar-refractivity contribution in [3.05, 3.63) is 69.2 Å². The number of halogens is 2. The molecule has 0 saturated carbocycles. The molecular weight excluding hydrogens is 394 g/mol. The van der Waals surface area contributed by atoms with Crippen LogP contribution in [0, 0.1) is 6.92 Å². The van der Waals surface area contributed by atoms with Crippen molar-refractivity contribution in [3.8, 4) is 0 Å². The van der Waals surface area contributed by atoms with Crippen molar-refractivity contribution in [2.75, 3.05) is 11.9 Å². The van der Waals surface area contributed by atoms with Crippen LogP contribution in [0.3, 0.4) is 0 Å². The van der Waals surface area contributed by atoms with Crippen molar-refractivity contribution in [3.63, 3.8) is 0 Å². The van der Waals surface area contributed by atoms with Gasteiger partial charge in [-0.05, 0) is 54.5 Å². The minimum atomic E-state index is -0.599. The highest BCUT2D eigenvalue weighted by Crippen LogP contribution is 2.19. The van der Waals surface area contributed by atoms with Crippen molar-refractivity contribution in [2.45, 2.75) is 6.92 Å². The molecule has 0 unspecified atom stereocenters. The van der Waals surface area contributed by atoms with Gasteiger partial charge in [0, 0.05) is 21.3 Å². The molecule has 0 atom stereocenters. The molecule has 24 heavy (non-hydrogen) atoms. The van der Waals surface area contributed by atoms with Crippen molar-refractivity contribution in [1.29, 1.82) is 0 Å². The van der Waals surface area contributed by atoms with Crippen molar-refractivity contribution < 1.29 is 14.3 Å². The summed E-state index contributed by atoms with van der Waals surface area (Å²) in [6.07, 6.45) is 2.83. The van der Waals surface area contributed by atoms with E-state index in [1.807, 2.05) is 19.1 Å². The summed E-state index contributed by atoms with van der Waals surface area (Å²) in [5.41, 5.74) is 2.35. The van der Waals surface area contributed by atoms with E-state index in [1.165, 1.54) is 6.08 Å². The number of amides is 1. The Morgan fingerprint density at radius 1 is 1.25 bits per heavy atom. The number of esters is 1. The summed E-state index contributed by atoms with van der Waals surface area (Å²) in [5, 5.41) is 3.27. The number of carbonyl (C=O) groups is 2. The first-order valence-electron chi connectivity index (χ1n) is 7.10. The Morgan fingerprint density at radius 2 is 2.04 bits per heavy atom. The van der Waals surface area contributed by atoms with E-state index in [1.54, 1.807) is 36.4 Å². The molecule has 0 spiro atoms. The minimum Gasteiger partial charge on any atom is -0.452 e. The summed E-state index contributed by atoms with van der Waals surface area (Å²) >= 11 is 9.21. The fourth-order valence-corrected chi connectivity index (χ4v) is 2.59. The van der Waals surface area contributed by atoms with E-state index in [2.05, 4.69) is 21.2 Å². The minimum absolute atomic E-state index is 0.353. The molecule has 0 aliphatic carbocycles. The van der Waals surface area contributed by atoms with Crippen LogP contribution >= 0.6 is 27.5 Å². The molecule has 124 valence electrons. The maximum Gasteiger partial charge on any atom is 0.331 e. The SMILES string of the molecule is Cc1cc(Br)ccc1NC(=O)COC(=O)/C=C/c1cccc(Cl)c1. The van der Waals surface area contributed by atoms with E-state index < -0.39 is 11.9 Å². The second-order valence-electron chi connectivity index (χ2n) is 5.00. The maximum absolute atomic E-state index is 11.8. The molecule has 0 fully saturated rings. The predicted molar refractivity (Wildman–Crippen MR) is 99.0 cm³/mol. The van der Waals surface area contributed by atoms with Gasteiger partial charge in [0.15, 0.2) is 6.61 Å². The lowest BCUT2D eigenvalue weighted by atomic mass is 10.2. The Kier molecular flexibility index (Phi) is 6.58. The molecule has 0 aliphatic heterocycles. The van der Waals surface area contributed by atoms with E-state index in [0.29, 0.717) is 10.7 Å². The van der Waals surface area contributed by atoms with Gasteiger partial charge < -0.3 is 10.1 Å². The van der Waals surface area contributed by atoms with E-state index in [0.717, 1.165) is 15.6 Å². The van der Waals surface area contributed by atoms with Crippen LogP contribution in [0.5, 0.6) is 0 Å². The van der Waals surface area contributed by atoms with Crippen LogP contribution in [0.15, 0.2) is 53.0 Å². The van der Waals surface area contributed by atoms with Crippen molar-refractivity contribution in [1.82, 2.24) is 0 Å². The highest BCUT2D eigenvalue weighted by atomic mass is 79.9. The molecule has 1 amide bonds. The standard InChI is InChI=1S/C18H15BrClNO3/c1-12-9-14(19)6-7-16(12)21-17(22)11-24-18(23)8-5-13-3-2-4-15(20)10-13/h2-10H,11H2,1H3,(H,21,22)/b8-5+. The van der Waals surface area contributed by atoms with Gasteiger partial charge in [0.1, 0.15) is 0 Å². The molecule has 2 aromatic carbocycles. The van der Waals surface area contributed by atoms with Crippen LogP contribution in [-0.4, -0.2) is 18.5 Å². The normalized spacial score (nSPS) is 10.6. The van der Waals surface area contributed by atoms with Gasteiger partial charge in [0.25, 0.3) is 5.91 Å². The molecule has 2 rings (SSSR count). The number of rotatable bonds is 5. The zero-order valence-electron chi connectivity index (χ0n) is 12.9. The van der Waals surface area contributed by atoms with Gasteiger partial charge in [-0.1, -0.05) is 39.7 Å². The molecule has 0 aromatic heterocycles. The number of ether oxygens (including phenoxy) is 1. The number of anilines is 1. The largest absolute Gasteiger partial charge is 0.452 e. The quantitative estimate of drug-likeness (QED) is 0.581. The van der Waals surface area contributed by atoms with E-state index in [4.69, 9.17) is 16.3 Å². The lowest BCUT2D eigenvalue weighted by Gasteiger charge is -2.08. The van der Waals surface area contributed by atoms with Crippen LogP contribution in [0.2, 0.25) is 5.02 Å². The summed E-state index contributed by atoms with van der Waals surface area (Å²) in [7, 11) is 0. The summed E-state index contributed by atoms with van der Waals surface area (Å²) in [6.45, 7) is 1.52. The predicted octanol–water partition coefficient (Wildman–Crippen LogP) is 4.61. The Hall–Kier alpha value is -2.11. The second-order valence-corrected chi connectivity index (χ2v) is 6.36. The zero-order chi connectivity index (χ0) is 17.5. The molecule has 0 saturated heterocycles. The van der Waals surface area contributed by atoms with Gasteiger partial charge in [-0.15, -0.1) is 0 Å². The number of aryl methyl sites for hydroxylation is 1. The van der Waals surface area contributed by atoms with Gasteiger partial charge in [0.05, 0.1) is 0 Å². The van der Waals surface area contributed by atoms with Crippen LogP contribution < -0.4 is 5.32 Å². The molecule has 0 bridgehead atoms. The highest BCUT2D eigenvalue weighted by Gasteiger charge is 2.07. The van der Waals surface area contributed by atoms with Gasteiger partial charge in [-0.3, -0.25) is 4.79 Å². The fraction of sp³-hybridized carbons (Fsp3) is 0.111. The zero-order valence-corrected chi connectivity index (χ0v) is 15.2. The van der Waals surface area contributed by atoms with E-state index >= 15 is 0 Å². The summed E-state index contributed by atoms with van der Waals surface area (Å²) in [6, 6.07) is 12.5. The third-order valence-electron chi connectivity index (χ3n) is 3.07. The average Bonchev–Trinajstić information content (AvgIpc) is 2.54. The van der Waals surface area contributed by atoms with E-state index in [9.17, 15) is 9.59 Å². The fourth-order valence-electron chi connectivity index (χ4n) is 1.91. The third kappa shape index (κ3) is 5.83. The lowest BCUT2D eigenvalue weighted by Crippen LogP contribution is -2.20. The molecule has 0 aliphatic rings. The number of hydrogen-bond acceptors (Lipinski definition) is 3. The van der Waals surface area contributed by atoms with Gasteiger partial charge in [-0.2, -0.15) is 0 Å². The number of hydrogen-bond donors (Lipinski definition) is 1. The van der Waals surface area contributed by atoms with Crippen molar-refractivity contribution in [2.24, 2.45) is 0 Å². The summed E-state index contributed by atoms with van der Waals surface area (Å²) < 4.78 is 5.84. The molecule has 6 heteroatoms. The Labute approximate surface area is 153 Å². The summed E-state index contributed by atoms with van der Waals surface area (Å²) in [5.74, 6) is -0.998. The first-order chi connectivity index (χ1) is 11.4. The molecular formula is C18H15BrClNO3. The lowest BCUT2D eigenvalue weighted by molar-refractivity contribution is -0.142. The third-order valence-corrected chi connectivity index (χ3v) is 3.80. The molecule has 2 aromatic rings. The summed E-state index contributed by atoms with van der Waals surface area (Å²) in [4.78, 5) is 23.5. The molecule has 0 radical (unpaired) electrons.